The van der Waals surface area contributed by atoms with Crippen LogP contribution in [0.25, 0.3) is 33.6 Å². The summed E-state index contributed by atoms with van der Waals surface area (Å²) in [6, 6.07) is 15.7. The fourth-order valence-electron chi connectivity index (χ4n) is 8.15. The Kier molecular flexibility index (Phi) is 13.1. The van der Waals surface area contributed by atoms with Gasteiger partial charge < -0.3 is 39.9 Å². The first-order chi connectivity index (χ1) is 27.8. The van der Waals surface area contributed by atoms with E-state index in [4.69, 9.17) is 19.4 Å². The van der Waals surface area contributed by atoms with Gasteiger partial charge in [0.2, 0.25) is 11.8 Å². The molecule has 2 saturated heterocycles. The summed E-state index contributed by atoms with van der Waals surface area (Å²) in [5.41, 5.74) is 5.82. The molecule has 0 bridgehead atoms. The van der Waals surface area contributed by atoms with Crippen LogP contribution in [0.2, 0.25) is 19.1 Å². The molecule has 58 heavy (non-hydrogen) atoms. The molecular weight excluding hydrogens is 753 g/mol. The summed E-state index contributed by atoms with van der Waals surface area (Å²) >= 11 is 0. The maximum Gasteiger partial charge on any atom is 0.407 e. The van der Waals surface area contributed by atoms with Crippen molar-refractivity contribution in [2.45, 2.75) is 96.7 Å². The number of H-pyrrole nitrogens is 2. The Labute approximate surface area is 341 Å². The molecule has 2 aromatic heterocycles. The van der Waals surface area contributed by atoms with E-state index in [1.807, 2.05) is 49.9 Å². The summed E-state index contributed by atoms with van der Waals surface area (Å²) in [4.78, 5) is 72.2. The topological polar surface area (TPSA) is 175 Å². The smallest absolute Gasteiger partial charge is 0.407 e. The number of imidazole rings is 2. The average molecular weight is 811 g/mol. The highest BCUT2D eigenvalue weighted by molar-refractivity contribution is 6.78. The standard InChI is InChI=1S/C43H58N8O6Si/c1-9-26(3)36(48-42(54)56-5)40(52)50-21-11-12-34(50)38-44-22-32(46-38)30-17-13-28(14-18-30)29-15-19-31(20-16-29)33-23-45-39(47-33)35-24-58(7,8)25-51(35)41(53)37(27(4)10-2)49-43(55)57-6/h13-20,22-23,26-27,34-37H,9-12,21,24-25H2,1-8H3,(H,44,46)(H,45,47)(H,48,54)(H,49,55)/t26-,27-,34-,35-,36-,37-/m0/s1. The van der Waals surface area contributed by atoms with E-state index in [0.29, 0.717) is 12.7 Å². The van der Waals surface area contributed by atoms with Gasteiger partial charge in [0.25, 0.3) is 0 Å². The number of likely N-dealkylation sites (tertiary alicyclic amines) is 1. The second-order valence-corrected chi connectivity index (χ2v) is 21.6. The number of carbonyl (C=O) groups excluding carboxylic acids is 4. The predicted molar refractivity (Wildman–Crippen MR) is 225 cm³/mol. The van der Waals surface area contributed by atoms with Gasteiger partial charge in [-0.1, -0.05) is 102 Å². The molecule has 2 aliphatic rings. The van der Waals surface area contributed by atoms with E-state index < -0.39 is 32.3 Å². The highest BCUT2D eigenvalue weighted by Crippen LogP contribution is 2.39. The van der Waals surface area contributed by atoms with Crippen LogP contribution in [0.1, 0.15) is 77.1 Å². The van der Waals surface area contributed by atoms with Crippen LogP contribution in [-0.4, -0.2) is 101 Å². The van der Waals surface area contributed by atoms with Gasteiger partial charge in [0.1, 0.15) is 23.7 Å². The Morgan fingerprint density at radius 1 is 0.724 bits per heavy atom. The molecule has 4 amide bonds. The molecule has 0 unspecified atom stereocenters. The fraction of sp³-hybridized carbons (Fsp3) is 0.488. The van der Waals surface area contributed by atoms with E-state index in [9.17, 15) is 19.2 Å². The summed E-state index contributed by atoms with van der Waals surface area (Å²) in [5, 5.41) is 5.54. The number of nitrogens with one attached hydrogen (secondary N) is 4. The minimum absolute atomic E-state index is 0.0542. The monoisotopic (exact) mass is 810 g/mol. The van der Waals surface area contributed by atoms with Crippen LogP contribution in [0.4, 0.5) is 9.59 Å². The number of hydrogen-bond donors (Lipinski definition) is 4. The Bertz CT molecular complexity index is 2060. The minimum Gasteiger partial charge on any atom is -0.453 e. The first kappa shape index (κ1) is 42.2. The number of benzene rings is 2. The van der Waals surface area contributed by atoms with Crippen molar-refractivity contribution < 1.29 is 28.7 Å². The Balaban J connectivity index is 1.13. The number of rotatable bonds is 13. The number of amides is 4. The Morgan fingerprint density at radius 2 is 1.16 bits per heavy atom. The second-order valence-electron chi connectivity index (χ2n) is 16.6. The largest absolute Gasteiger partial charge is 0.453 e. The van der Waals surface area contributed by atoms with Crippen LogP contribution in [0.5, 0.6) is 0 Å². The summed E-state index contributed by atoms with van der Waals surface area (Å²) < 4.78 is 9.65. The van der Waals surface area contributed by atoms with E-state index in [0.717, 1.165) is 77.0 Å². The normalized spacial score (nSPS) is 19.6. The second kappa shape index (κ2) is 18.0. The lowest BCUT2D eigenvalue weighted by Crippen LogP contribution is -2.52. The van der Waals surface area contributed by atoms with Crippen LogP contribution < -0.4 is 10.6 Å². The number of carbonyl (C=O) groups is 4. The van der Waals surface area contributed by atoms with E-state index >= 15 is 0 Å². The highest BCUT2D eigenvalue weighted by Gasteiger charge is 2.46. The van der Waals surface area contributed by atoms with E-state index in [1.165, 1.54) is 14.2 Å². The molecule has 14 nitrogen and oxygen atoms in total. The summed E-state index contributed by atoms with van der Waals surface area (Å²) in [6.07, 6.45) is 6.21. The number of aromatic amines is 2. The first-order valence-electron chi connectivity index (χ1n) is 20.4. The molecule has 0 aliphatic carbocycles. The van der Waals surface area contributed by atoms with Crippen molar-refractivity contribution in [2.75, 3.05) is 26.9 Å². The van der Waals surface area contributed by atoms with E-state index in [1.54, 1.807) is 0 Å². The summed E-state index contributed by atoms with van der Waals surface area (Å²) in [5.74, 6) is 1.15. The molecule has 0 spiro atoms. The number of alkyl carbamates (subject to hydrolysis) is 2. The van der Waals surface area contributed by atoms with Crippen LogP contribution in [0.15, 0.2) is 60.9 Å². The number of aromatic nitrogens is 4. The molecule has 2 aliphatic heterocycles. The van der Waals surface area contributed by atoms with Gasteiger partial charge in [0.05, 0.1) is 58.2 Å². The van der Waals surface area contributed by atoms with Gasteiger partial charge in [-0.3, -0.25) is 9.59 Å². The maximum absolute atomic E-state index is 14.0. The molecule has 15 heteroatoms. The SMILES string of the molecule is CC[C@H](C)[C@H](NC(=O)OC)C(=O)N1CCC[C@H]1c1ncc(-c2ccc(-c3ccc(-c4cnc([C@@H]5C[Si](C)(C)CN5C(=O)[C@@H](NC(=O)OC)[C@@H](C)CC)[nH]4)cc3)cc2)[nH]1. The number of methoxy groups -OCH3 is 2. The zero-order valence-electron chi connectivity index (χ0n) is 34.9. The first-order valence-corrected chi connectivity index (χ1v) is 23.8. The van der Waals surface area contributed by atoms with Crippen LogP contribution in [-0.2, 0) is 19.1 Å². The van der Waals surface area contributed by atoms with E-state index in [-0.39, 0.29) is 35.7 Å². The van der Waals surface area contributed by atoms with Crippen LogP contribution in [0, 0.1) is 11.8 Å². The quantitative estimate of drug-likeness (QED) is 0.101. The van der Waals surface area contributed by atoms with Crippen LogP contribution >= 0.6 is 0 Å². The number of ether oxygens (including phenoxy) is 2. The molecular formula is C43H58N8O6Si. The van der Waals surface area contributed by atoms with Crippen molar-refractivity contribution >= 4 is 32.1 Å². The maximum atomic E-state index is 14.0. The summed E-state index contributed by atoms with van der Waals surface area (Å²) in [6.45, 7) is 13.1. The summed E-state index contributed by atoms with van der Waals surface area (Å²) in [7, 11) is 0.857. The molecule has 0 saturated carbocycles. The molecule has 2 aromatic carbocycles. The van der Waals surface area contributed by atoms with Gasteiger partial charge in [-0.25, -0.2) is 19.6 Å². The highest BCUT2D eigenvalue weighted by atomic mass is 28.3. The molecule has 4 aromatic rings. The molecule has 4 heterocycles. The van der Waals surface area contributed by atoms with Gasteiger partial charge in [-0.2, -0.15) is 0 Å². The van der Waals surface area contributed by atoms with Crippen molar-refractivity contribution in [1.82, 2.24) is 40.4 Å². The average Bonchev–Trinajstić information content (AvgIpc) is 4.07. The van der Waals surface area contributed by atoms with Gasteiger partial charge in [-0.15, -0.1) is 0 Å². The van der Waals surface area contributed by atoms with Gasteiger partial charge in [0, 0.05) is 12.7 Å². The molecule has 6 atom stereocenters. The van der Waals surface area contributed by atoms with Crippen molar-refractivity contribution in [1.29, 1.82) is 0 Å². The fourth-order valence-corrected chi connectivity index (χ4v) is 11.0. The van der Waals surface area contributed by atoms with Crippen molar-refractivity contribution in [2.24, 2.45) is 11.8 Å². The third kappa shape index (κ3) is 9.14. The number of nitrogens with zero attached hydrogens (tertiary/aromatic N) is 4. The van der Waals surface area contributed by atoms with Crippen LogP contribution in [0.3, 0.4) is 0 Å². The lowest BCUT2D eigenvalue weighted by Gasteiger charge is -2.31. The predicted octanol–water partition coefficient (Wildman–Crippen LogP) is 7.47. The minimum atomic E-state index is -1.75. The van der Waals surface area contributed by atoms with Gasteiger partial charge in [-0.05, 0) is 53.0 Å². The van der Waals surface area contributed by atoms with Gasteiger partial charge in [0.15, 0.2) is 0 Å². The van der Waals surface area contributed by atoms with Crippen molar-refractivity contribution in [3.63, 3.8) is 0 Å². The lowest BCUT2D eigenvalue weighted by molar-refractivity contribution is -0.136. The molecule has 310 valence electrons. The van der Waals surface area contributed by atoms with Crippen molar-refractivity contribution in [3.8, 4) is 33.6 Å². The third-order valence-corrected chi connectivity index (χ3v) is 14.7. The lowest BCUT2D eigenvalue weighted by atomic mass is 9.97. The Morgan fingerprint density at radius 3 is 1.60 bits per heavy atom. The molecule has 6 rings (SSSR count). The van der Waals surface area contributed by atoms with E-state index in [2.05, 4.69) is 82.2 Å². The molecule has 2 fully saturated rings. The zero-order valence-corrected chi connectivity index (χ0v) is 35.9. The molecule has 4 N–H and O–H groups in total. The Hall–Kier alpha value is -5.44. The van der Waals surface area contributed by atoms with Gasteiger partial charge >= 0.3 is 12.2 Å². The zero-order chi connectivity index (χ0) is 41.7. The number of hydrogen-bond acceptors (Lipinski definition) is 8. The molecule has 0 radical (unpaired) electrons. The van der Waals surface area contributed by atoms with Crippen molar-refractivity contribution in [3.05, 3.63) is 72.6 Å². The third-order valence-electron chi connectivity index (χ3n) is 12.0.